The van der Waals surface area contributed by atoms with Crippen molar-refractivity contribution in [3.05, 3.63) is 29.8 Å². The number of hydrogen-bond donors (Lipinski definition) is 1. The molecule has 156 valence electrons. The number of imide groups is 1. The molecule has 1 aromatic carbocycles. The summed E-state index contributed by atoms with van der Waals surface area (Å²) in [6, 6.07) is 7.14. The van der Waals surface area contributed by atoms with Gasteiger partial charge in [0.15, 0.2) is 6.04 Å². The van der Waals surface area contributed by atoms with Gasteiger partial charge in [-0.2, -0.15) is 0 Å². The second kappa shape index (κ2) is 8.53. The molecule has 3 fully saturated rings. The van der Waals surface area contributed by atoms with Gasteiger partial charge in [-0.3, -0.25) is 19.3 Å². The maximum absolute atomic E-state index is 13.0. The molecule has 0 saturated carbocycles. The lowest BCUT2D eigenvalue weighted by molar-refractivity contribution is -0.920. The van der Waals surface area contributed by atoms with E-state index in [4.69, 9.17) is 4.74 Å². The van der Waals surface area contributed by atoms with Crippen LogP contribution in [0.15, 0.2) is 24.3 Å². The third kappa shape index (κ3) is 4.15. The number of nitrogens with zero attached hydrogens (tertiary/aromatic N) is 2. The van der Waals surface area contributed by atoms with E-state index in [0.717, 1.165) is 68.1 Å². The smallest absolute Gasteiger partial charge is 0.288 e. The molecule has 0 aliphatic carbocycles. The standard InChI is InChI=1S/C22H29N3O4/c1-29-18-6-4-16(5-7-18)15-25-20(26)14-19(22(25)28)23-12-8-17(9-13-23)21(27)24-10-2-3-11-24/h4-7,17,19H,2-3,8-15H2,1H3/p+1/t19-/m1/s1. The minimum atomic E-state index is -0.302. The molecule has 3 amide bonds. The van der Waals surface area contributed by atoms with E-state index in [2.05, 4.69) is 0 Å². The quantitative estimate of drug-likeness (QED) is 0.719. The molecule has 1 N–H and O–H groups in total. The minimum Gasteiger partial charge on any atom is -0.497 e. The van der Waals surface area contributed by atoms with Gasteiger partial charge in [-0.05, 0) is 30.5 Å². The number of methoxy groups -OCH3 is 1. The lowest BCUT2D eigenvalue weighted by atomic mass is 9.94. The van der Waals surface area contributed by atoms with Crippen molar-refractivity contribution in [2.24, 2.45) is 5.92 Å². The van der Waals surface area contributed by atoms with Gasteiger partial charge >= 0.3 is 0 Å². The molecule has 3 aliphatic heterocycles. The fraction of sp³-hybridized carbons (Fsp3) is 0.591. The van der Waals surface area contributed by atoms with Crippen LogP contribution in [0, 0.1) is 5.92 Å². The number of benzene rings is 1. The molecule has 1 atom stereocenters. The molecule has 29 heavy (non-hydrogen) atoms. The van der Waals surface area contributed by atoms with Gasteiger partial charge in [0.1, 0.15) is 5.75 Å². The highest BCUT2D eigenvalue weighted by Gasteiger charge is 2.46. The topological polar surface area (TPSA) is 71.4 Å². The number of nitrogens with one attached hydrogen (secondary N) is 1. The predicted molar refractivity (Wildman–Crippen MR) is 106 cm³/mol. The zero-order valence-electron chi connectivity index (χ0n) is 17.1. The van der Waals surface area contributed by atoms with Crippen molar-refractivity contribution >= 4 is 17.7 Å². The van der Waals surface area contributed by atoms with Crippen molar-refractivity contribution in [3.8, 4) is 5.75 Å². The molecule has 1 aromatic rings. The van der Waals surface area contributed by atoms with Crippen LogP contribution in [-0.4, -0.2) is 66.9 Å². The number of rotatable bonds is 5. The summed E-state index contributed by atoms with van der Waals surface area (Å²) in [5, 5.41) is 0. The summed E-state index contributed by atoms with van der Waals surface area (Å²) in [5.41, 5.74) is 0.915. The third-order valence-corrected chi connectivity index (χ3v) is 6.63. The number of carbonyl (C=O) groups excluding carboxylic acids is 3. The first kappa shape index (κ1) is 19.9. The van der Waals surface area contributed by atoms with Crippen LogP contribution in [0.2, 0.25) is 0 Å². The largest absolute Gasteiger partial charge is 0.497 e. The number of ether oxygens (including phenoxy) is 1. The number of piperidine rings is 1. The highest BCUT2D eigenvalue weighted by atomic mass is 16.5. The number of likely N-dealkylation sites (tertiary alicyclic amines) is 3. The summed E-state index contributed by atoms with van der Waals surface area (Å²) < 4.78 is 5.16. The Morgan fingerprint density at radius 2 is 1.76 bits per heavy atom. The van der Waals surface area contributed by atoms with Gasteiger partial charge < -0.3 is 14.5 Å². The summed E-state index contributed by atoms with van der Waals surface area (Å²) in [7, 11) is 1.61. The van der Waals surface area contributed by atoms with Crippen LogP contribution in [0.5, 0.6) is 5.75 Å². The average Bonchev–Trinajstić information content (AvgIpc) is 3.38. The number of hydrogen-bond acceptors (Lipinski definition) is 4. The maximum atomic E-state index is 13.0. The van der Waals surface area contributed by atoms with E-state index < -0.39 is 0 Å². The Hall–Kier alpha value is -2.41. The second-order valence-corrected chi connectivity index (χ2v) is 8.39. The first-order valence-corrected chi connectivity index (χ1v) is 10.7. The van der Waals surface area contributed by atoms with Crippen LogP contribution in [0.4, 0.5) is 0 Å². The molecule has 0 unspecified atom stereocenters. The number of amides is 3. The molecule has 0 aromatic heterocycles. The second-order valence-electron chi connectivity index (χ2n) is 8.39. The Bertz CT molecular complexity index is 765. The van der Waals surface area contributed by atoms with Crippen LogP contribution >= 0.6 is 0 Å². The Morgan fingerprint density at radius 3 is 2.38 bits per heavy atom. The van der Waals surface area contributed by atoms with Crippen LogP contribution < -0.4 is 9.64 Å². The van der Waals surface area contributed by atoms with Gasteiger partial charge in [0.2, 0.25) is 11.8 Å². The van der Waals surface area contributed by atoms with Crippen LogP contribution in [0.3, 0.4) is 0 Å². The van der Waals surface area contributed by atoms with Crippen molar-refractivity contribution in [3.63, 3.8) is 0 Å². The monoisotopic (exact) mass is 400 g/mol. The van der Waals surface area contributed by atoms with Crippen molar-refractivity contribution in [1.82, 2.24) is 9.80 Å². The molecule has 3 heterocycles. The van der Waals surface area contributed by atoms with Crippen LogP contribution in [0.1, 0.15) is 37.7 Å². The van der Waals surface area contributed by atoms with Crippen molar-refractivity contribution in [1.29, 1.82) is 0 Å². The maximum Gasteiger partial charge on any atom is 0.288 e. The number of carbonyl (C=O) groups is 3. The Balaban J connectivity index is 1.33. The average molecular weight is 400 g/mol. The molecule has 3 saturated heterocycles. The van der Waals surface area contributed by atoms with E-state index in [1.165, 1.54) is 4.90 Å². The van der Waals surface area contributed by atoms with Gasteiger partial charge in [0.25, 0.3) is 5.91 Å². The lowest BCUT2D eigenvalue weighted by Gasteiger charge is -2.33. The Labute approximate surface area is 171 Å². The van der Waals surface area contributed by atoms with Crippen LogP contribution in [0.25, 0.3) is 0 Å². The van der Waals surface area contributed by atoms with Gasteiger partial charge in [-0.15, -0.1) is 0 Å². The first-order valence-electron chi connectivity index (χ1n) is 10.7. The van der Waals surface area contributed by atoms with E-state index >= 15 is 0 Å². The summed E-state index contributed by atoms with van der Waals surface area (Å²) in [5.74, 6) is 0.946. The van der Waals surface area contributed by atoms with Crippen molar-refractivity contribution in [2.75, 3.05) is 33.3 Å². The molecule has 3 aliphatic rings. The molecular formula is C22H30N3O4+. The number of quaternary nitrogens is 1. The van der Waals surface area contributed by atoms with E-state index in [9.17, 15) is 14.4 Å². The molecule has 4 rings (SSSR count). The molecular weight excluding hydrogens is 370 g/mol. The highest BCUT2D eigenvalue weighted by molar-refractivity contribution is 6.04. The molecule has 0 radical (unpaired) electrons. The van der Waals surface area contributed by atoms with Gasteiger partial charge in [0, 0.05) is 31.8 Å². The molecule has 7 nitrogen and oxygen atoms in total. The summed E-state index contributed by atoms with van der Waals surface area (Å²) >= 11 is 0. The van der Waals surface area contributed by atoms with E-state index in [0.29, 0.717) is 6.54 Å². The molecule has 7 heteroatoms. The Kier molecular flexibility index (Phi) is 5.85. The van der Waals surface area contributed by atoms with Gasteiger partial charge in [0.05, 0.1) is 33.2 Å². The van der Waals surface area contributed by atoms with Crippen LogP contribution in [-0.2, 0) is 20.9 Å². The minimum absolute atomic E-state index is 0.0786. The fourth-order valence-electron chi connectivity index (χ4n) is 4.86. The predicted octanol–water partition coefficient (Wildman–Crippen LogP) is 0.240. The zero-order valence-corrected chi connectivity index (χ0v) is 17.1. The summed E-state index contributed by atoms with van der Waals surface area (Å²) in [6.07, 6.45) is 4.11. The third-order valence-electron chi connectivity index (χ3n) is 6.63. The summed E-state index contributed by atoms with van der Waals surface area (Å²) in [6.45, 7) is 3.65. The van der Waals surface area contributed by atoms with E-state index in [1.807, 2.05) is 29.2 Å². The molecule has 0 spiro atoms. The van der Waals surface area contributed by atoms with Crippen molar-refractivity contribution < 1.29 is 24.0 Å². The van der Waals surface area contributed by atoms with Gasteiger partial charge in [-0.1, -0.05) is 12.1 Å². The highest BCUT2D eigenvalue weighted by Crippen LogP contribution is 2.21. The first-order chi connectivity index (χ1) is 14.1. The van der Waals surface area contributed by atoms with Crippen molar-refractivity contribution in [2.45, 2.75) is 44.7 Å². The van der Waals surface area contributed by atoms with E-state index in [-0.39, 0.29) is 36.1 Å². The zero-order chi connectivity index (χ0) is 20.4. The fourth-order valence-corrected chi connectivity index (χ4v) is 4.86. The lowest BCUT2D eigenvalue weighted by Crippen LogP contribution is -3.17. The van der Waals surface area contributed by atoms with E-state index in [1.54, 1.807) is 7.11 Å². The van der Waals surface area contributed by atoms with Gasteiger partial charge in [-0.25, -0.2) is 0 Å². The molecule has 0 bridgehead atoms. The SMILES string of the molecule is COc1ccc(CN2C(=O)C[C@@H]([NH+]3CCC(C(=O)N4CCCC4)CC3)C2=O)cc1. The Morgan fingerprint density at radius 1 is 1.10 bits per heavy atom. The normalized spacial score (nSPS) is 27.6. The summed E-state index contributed by atoms with van der Waals surface area (Å²) in [4.78, 5) is 42.6.